The predicted octanol–water partition coefficient (Wildman–Crippen LogP) is 3.90. The monoisotopic (exact) mass is 408 g/mol. The third kappa shape index (κ3) is 2.36. The molecule has 1 aromatic heterocycles. The van der Waals surface area contributed by atoms with E-state index < -0.39 is 11.6 Å². The molecule has 3 heterocycles. The topological polar surface area (TPSA) is 64.3 Å². The van der Waals surface area contributed by atoms with E-state index in [0.717, 1.165) is 24.0 Å². The highest BCUT2D eigenvalue weighted by Gasteiger charge is 2.44. The number of nitrogens with zero attached hydrogens (tertiary/aromatic N) is 2. The zero-order valence-corrected chi connectivity index (χ0v) is 15.7. The van der Waals surface area contributed by atoms with Crippen LogP contribution in [-0.2, 0) is 10.3 Å². The molecule has 0 atom stereocenters. The molecule has 5 nitrogen and oxygen atoms in total. The van der Waals surface area contributed by atoms with Crippen molar-refractivity contribution in [1.82, 2.24) is 9.55 Å². The summed E-state index contributed by atoms with van der Waals surface area (Å²) in [6, 6.07) is 3.38. The molecule has 1 saturated carbocycles. The Morgan fingerprint density at radius 2 is 2.12 bits per heavy atom. The lowest BCUT2D eigenvalue weighted by Gasteiger charge is -2.37. The molecule has 0 saturated heterocycles. The lowest BCUT2D eigenvalue weighted by Crippen LogP contribution is -2.30. The molecule has 3 aliphatic rings. The van der Waals surface area contributed by atoms with Crippen LogP contribution in [0.5, 0.6) is 0 Å². The number of carbonyl (C=O) groups excluding carboxylic acids is 1. The second-order valence-corrected chi connectivity index (χ2v) is 8.08. The van der Waals surface area contributed by atoms with Crippen LogP contribution in [0.4, 0.5) is 4.39 Å². The largest absolute Gasteiger partial charge is 0.464 e. The van der Waals surface area contributed by atoms with Crippen LogP contribution in [0.2, 0.25) is 0 Å². The zero-order chi connectivity index (χ0) is 18.1. The summed E-state index contributed by atoms with van der Waals surface area (Å²) in [6.07, 6.45) is 1.67. The Hall–Kier alpha value is -1.73. The number of rotatable bonds is 2. The molecule has 0 amide bonds. The molecule has 2 aliphatic heterocycles. The lowest BCUT2D eigenvalue weighted by atomic mass is 9.75. The van der Waals surface area contributed by atoms with E-state index in [-0.39, 0.29) is 23.5 Å². The van der Waals surface area contributed by atoms with Gasteiger partial charge < -0.3 is 14.4 Å². The van der Waals surface area contributed by atoms with Gasteiger partial charge in [-0.05, 0) is 66.2 Å². The van der Waals surface area contributed by atoms with Crippen molar-refractivity contribution in [1.29, 1.82) is 0 Å². The Morgan fingerprint density at radius 3 is 2.72 bits per heavy atom. The van der Waals surface area contributed by atoms with Crippen LogP contribution < -0.4 is 0 Å². The first kappa shape index (κ1) is 16.7. The van der Waals surface area contributed by atoms with Crippen molar-refractivity contribution < 1.29 is 19.0 Å². The van der Waals surface area contributed by atoms with E-state index in [1.807, 2.05) is 4.57 Å². The number of imidazole rings is 1. The molecule has 1 aromatic carbocycles. The van der Waals surface area contributed by atoms with Gasteiger partial charge in [0.15, 0.2) is 5.69 Å². The maximum atomic E-state index is 14.1. The van der Waals surface area contributed by atoms with Gasteiger partial charge in [0.2, 0.25) is 0 Å². The first-order valence-corrected chi connectivity index (χ1v) is 8.94. The van der Waals surface area contributed by atoms with Crippen molar-refractivity contribution in [3.63, 3.8) is 0 Å². The lowest BCUT2D eigenvalue weighted by molar-refractivity contribution is 0.0508. The maximum Gasteiger partial charge on any atom is 0.358 e. The van der Waals surface area contributed by atoms with Crippen LogP contribution >= 0.6 is 15.9 Å². The summed E-state index contributed by atoms with van der Waals surface area (Å²) in [7, 11) is 1.29. The summed E-state index contributed by atoms with van der Waals surface area (Å²) >= 11 is 3.24. The number of esters is 1. The Morgan fingerprint density at radius 1 is 1.44 bits per heavy atom. The van der Waals surface area contributed by atoms with Gasteiger partial charge in [-0.1, -0.05) is 0 Å². The predicted molar refractivity (Wildman–Crippen MR) is 92.9 cm³/mol. The number of carbonyl (C=O) groups is 1. The summed E-state index contributed by atoms with van der Waals surface area (Å²) in [5, 5.41) is 10.7. The number of halogens is 2. The fourth-order valence-electron chi connectivity index (χ4n) is 3.95. The Labute approximate surface area is 153 Å². The summed E-state index contributed by atoms with van der Waals surface area (Å²) in [4.78, 5) is 16.8. The zero-order valence-electron chi connectivity index (χ0n) is 14.1. The third-order valence-corrected chi connectivity index (χ3v) is 5.73. The minimum Gasteiger partial charge on any atom is -0.464 e. The van der Waals surface area contributed by atoms with Crippen molar-refractivity contribution in [2.75, 3.05) is 7.11 Å². The van der Waals surface area contributed by atoms with E-state index in [1.165, 1.54) is 7.11 Å². The fourth-order valence-corrected chi connectivity index (χ4v) is 4.29. The average Bonchev–Trinajstić information content (AvgIpc) is 2.79. The third-order valence-electron chi connectivity index (χ3n) is 5.12. The molecule has 2 aromatic rings. The molecule has 1 aliphatic carbocycles. The summed E-state index contributed by atoms with van der Waals surface area (Å²) in [5.74, 6) is -0.0480. The smallest absolute Gasteiger partial charge is 0.358 e. The van der Waals surface area contributed by atoms with Crippen molar-refractivity contribution in [2.45, 2.75) is 44.2 Å². The van der Waals surface area contributed by atoms with E-state index in [9.17, 15) is 14.3 Å². The molecular formula is C18H18BrFN2O3. The second kappa shape index (κ2) is 5.38. The van der Waals surface area contributed by atoms with Gasteiger partial charge in [-0.25, -0.2) is 14.2 Å². The summed E-state index contributed by atoms with van der Waals surface area (Å²) in [6.45, 7) is 3.26. The molecule has 0 spiro atoms. The molecule has 1 N–H and O–H groups in total. The van der Waals surface area contributed by atoms with E-state index >= 15 is 0 Å². The van der Waals surface area contributed by atoms with Crippen molar-refractivity contribution in [3.8, 4) is 11.4 Å². The van der Waals surface area contributed by atoms with Crippen LogP contribution in [0.3, 0.4) is 0 Å². The molecule has 25 heavy (non-hydrogen) atoms. The minimum absolute atomic E-state index is 0.113. The second-order valence-electron chi connectivity index (χ2n) is 7.23. The molecule has 2 bridgehead atoms. The first-order chi connectivity index (χ1) is 11.7. The molecule has 0 unspecified atom stereocenters. The van der Waals surface area contributed by atoms with Crippen LogP contribution in [0.25, 0.3) is 11.4 Å². The fraction of sp³-hybridized carbons (Fsp3) is 0.444. The van der Waals surface area contributed by atoms with Crippen LogP contribution in [0.1, 0.15) is 60.4 Å². The molecule has 7 heteroatoms. The van der Waals surface area contributed by atoms with E-state index in [0.29, 0.717) is 16.0 Å². The number of benzene rings is 1. The Kier molecular flexibility index (Phi) is 3.60. The number of aliphatic hydroxyl groups is 1. The van der Waals surface area contributed by atoms with Gasteiger partial charge >= 0.3 is 5.97 Å². The van der Waals surface area contributed by atoms with Gasteiger partial charge in [-0.15, -0.1) is 0 Å². The summed E-state index contributed by atoms with van der Waals surface area (Å²) in [5.41, 5.74) is 0.993. The van der Waals surface area contributed by atoms with E-state index in [1.54, 1.807) is 26.0 Å². The van der Waals surface area contributed by atoms with Crippen LogP contribution in [0, 0.1) is 5.82 Å². The Balaban J connectivity index is 2.06. The van der Waals surface area contributed by atoms with Gasteiger partial charge in [0.25, 0.3) is 0 Å². The number of methoxy groups -OCH3 is 1. The van der Waals surface area contributed by atoms with Gasteiger partial charge in [0.1, 0.15) is 17.2 Å². The van der Waals surface area contributed by atoms with Gasteiger partial charge in [-0.3, -0.25) is 0 Å². The van der Waals surface area contributed by atoms with Gasteiger partial charge in [-0.2, -0.15) is 0 Å². The SMILES string of the molecule is COC(=O)c1nc2n(c1C(C)(C)O)C1CC(C1)c1cc(F)c(Br)cc1-2. The van der Waals surface area contributed by atoms with Crippen LogP contribution in [0.15, 0.2) is 16.6 Å². The van der Waals surface area contributed by atoms with Gasteiger partial charge in [0.05, 0.1) is 17.3 Å². The highest BCUT2D eigenvalue weighted by molar-refractivity contribution is 9.10. The highest BCUT2D eigenvalue weighted by Crippen LogP contribution is 2.54. The standard InChI is InChI=1S/C18H18BrFN2O3/c1-18(2,24)15-14(17(23)25-3)21-16-11-6-12(19)13(20)7-10(11)8-4-9(5-8)22(15)16/h6-9,24H,4-5H2,1-3H3. The minimum atomic E-state index is -1.26. The van der Waals surface area contributed by atoms with Crippen molar-refractivity contribution in [2.24, 2.45) is 0 Å². The highest BCUT2D eigenvalue weighted by atomic mass is 79.9. The molecule has 132 valence electrons. The van der Waals surface area contributed by atoms with Crippen molar-refractivity contribution >= 4 is 21.9 Å². The molecule has 5 rings (SSSR count). The Bertz CT molecular complexity index is 895. The number of aromatic nitrogens is 2. The molecular weight excluding hydrogens is 391 g/mol. The van der Waals surface area contributed by atoms with Crippen molar-refractivity contribution in [3.05, 3.63) is 39.4 Å². The van der Waals surface area contributed by atoms with E-state index in [2.05, 4.69) is 20.9 Å². The van der Waals surface area contributed by atoms with Gasteiger partial charge in [0, 0.05) is 11.6 Å². The number of ether oxygens (including phenoxy) is 1. The number of hydrogen-bond donors (Lipinski definition) is 1. The van der Waals surface area contributed by atoms with Crippen LogP contribution in [-0.4, -0.2) is 27.7 Å². The quantitative estimate of drug-likeness (QED) is 0.765. The molecule has 0 radical (unpaired) electrons. The average molecular weight is 409 g/mol. The maximum absolute atomic E-state index is 14.1. The summed E-state index contributed by atoms with van der Waals surface area (Å²) < 4.78 is 21.2. The number of hydrogen-bond acceptors (Lipinski definition) is 4. The van der Waals surface area contributed by atoms with E-state index in [4.69, 9.17) is 4.74 Å². The first-order valence-electron chi connectivity index (χ1n) is 8.15. The molecule has 1 fully saturated rings. The normalized spacial score (nSPS) is 21.0.